The Morgan fingerprint density at radius 1 is 1.12 bits per heavy atom. The Morgan fingerprint density at radius 3 is 2.54 bits per heavy atom. The Hall–Kier alpha value is -2.82. The predicted molar refractivity (Wildman–Crippen MR) is 100 cm³/mol. The third-order valence-corrected chi connectivity index (χ3v) is 4.03. The molecule has 1 atom stereocenters. The summed E-state index contributed by atoms with van der Waals surface area (Å²) in [6.07, 6.45) is 1.69. The highest BCUT2D eigenvalue weighted by Crippen LogP contribution is 2.20. The minimum atomic E-state index is -0.572. The third-order valence-electron chi connectivity index (χ3n) is 4.03. The zero-order chi connectivity index (χ0) is 18.9. The van der Waals surface area contributed by atoms with Crippen LogP contribution < -0.4 is 10.1 Å². The Bertz CT molecular complexity index is 743. The van der Waals surface area contributed by atoms with Gasteiger partial charge >= 0.3 is 5.97 Å². The molecule has 2 rings (SSSR count). The number of aryl methyl sites for hydroxylation is 2. The highest BCUT2D eigenvalue weighted by Gasteiger charge is 2.16. The number of amides is 1. The smallest absolute Gasteiger partial charge is 0.342 e. The molecular formula is C21H25NO4. The van der Waals surface area contributed by atoms with E-state index in [1.54, 1.807) is 12.1 Å². The van der Waals surface area contributed by atoms with Crippen molar-refractivity contribution in [1.82, 2.24) is 5.32 Å². The first-order valence-corrected chi connectivity index (χ1v) is 8.64. The summed E-state index contributed by atoms with van der Waals surface area (Å²) in [7, 11) is 1.49. The number of nitrogens with one attached hydrogen (secondary N) is 1. The lowest BCUT2D eigenvalue weighted by molar-refractivity contribution is -0.124. The van der Waals surface area contributed by atoms with Crippen molar-refractivity contribution in [2.75, 3.05) is 13.7 Å². The van der Waals surface area contributed by atoms with Gasteiger partial charge in [0, 0.05) is 6.04 Å². The normalized spacial score (nSPS) is 11.5. The van der Waals surface area contributed by atoms with E-state index in [9.17, 15) is 9.59 Å². The molecule has 0 aliphatic heterocycles. The minimum absolute atomic E-state index is 0.00471. The molecule has 0 saturated carbocycles. The molecule has 0 radical (unpaired) electrons. The van der Waals surface area contributed by atoms with Gasteiger partial charge in [0.05, 0.1) is 7.11 Å². The van der Waals surface area contributed by atoms with Crippen molar-refractivity contribution in [1.29, 1.82) is 0 Å². The van der Waals surface area contributed by atoms with E-state index in [1.807, 2.05) is 38.1 Å². The summed E-state index contributed by atoms with van der Waals surface area (Å²) in [6.45, 7) is 3.50. The maximum absolute atomic E-state index is 12.2. The SMILES string of the molecule is COc1ccc(C)cc1C(=O)OCC(=O)N[C@H](C)CCc1ccccc1. The average Bonchev–Trinajstić information content (AvgIpc) is 2.65. The van der Waals surface area contributed by atoms with Crippen LogP contribution in [0.25, 0.3) is 0 Å². The molecule has 2 aromatic rings. The molecule has 0 fully saturated rings. The Balaban J connectivity index is 1.79. The van der Waals surface area contributed by atoms with Crippen molar-refractivity contribution in [3.63, 3.8) is 0 Å². The van der Waals surface area contributed by atoms with Crippen molar-refractivity contribution in [2.24, 2.45) is 0 Å². The van der Waals surface area contributed by atoms with Crippen molar-refractivity contribution in [3.05, 3.63) is 65.2 Å². The lowest BCUT2D eigenvalue weighted by Gasteiger charge is -2.14. The van der Waals surface area contributed by atoms with Crippen LogP contribution in [0, 0.1) is 6.92 Å². The van der Waals surface area contributed by atoms with Gasteiger partial charge in [-0.3, -0.25) is 4.79 Å². The molecule has 0 saturated heterocycles. The summed E-state index contributed by atoms with van der Waals surface area (Å²) in [5, 5.41) is 2.85. The molecule has 0 bridgehead atoms. The number of carbonyl (C=O) groups excluding carboxylic acids is 2. The summed E-state index contributed by atoms with van der Waals surface area (Å²) in [5.41, 5.74) is 2.46. The summed E-state index contributed by atoms with van der Waals surface area (Å²) in [4.78, 5) is 24.2. The van der Waals surface area contributed by atoms with Crippen LogP contribution in [0.15, 0.2) is 48.5 Å². The average molecular weight is 355 g/mol. The first-order chi connectivity index (χ1) is 12.5. The summed E-state index contributed by atoms with van der Waals surface area (Å²) in [5.74, 6) is -0.458. The Labute approximate surface area is 154 Å². The van der Waals surface area contributed by atoms with E-state index in [2.05, 4.69) is 17.4 Å². The number of hydrogen-bond acceptors (Lipinski definition) is 4. The van der Waals surface area contributed by atoms with Crippen molar-refractivity contribution in [3.8, 4) is 5.75 Å². The van der Waals surface area contributed by atoms with Crippen LogP contribution in [0.3, 0.4) is 0 Å². The van der Waals surface area contributed by atoms with Crippen molar-refractivity contribution >= 4 is 11.9 Å². The van der Waals surface area contributed by atoms with Crippen LogP contribution in [-0.4, -0.2) is 31.6 Å². The quantitative estimate of drug-likeness (QED) is 0.738. The second-order valence-corrected chi connectivity index (χ2v) is 6.27. The molecule has 0 aromatic heterocycles. The molecule has 138 valence electrons. The fraction of sp³-hybridized carbons (Fsp3) is 0.333. The predicted octanol–water partition coefficient (Wildman–Crippen LogP) is 3.30. The van der Waals surface area contributed by atoms with E-state index in [-0.39, 0.29) is 18.6 Å². The minimum Gasteiger partial charge on any atom is -0.496 e. The first kappa shape index (κ1) is 19.5. The van der Waals surface area contributed by atoms with E-state index in [4.69, 9.17) is 9.47 Å². The van der Waals surface area contributed by atoms with Gasteiger partial charge in [-0.15, -0.1) is 0 Å². The lowest BCUT2D eigenvalue weighted by atomic mass is 10.1. The summed E-state index contributed by atoms with van der Waals surface area (Å²) in [6, 6.07) is 15.3. The highest BCUT2D eigenvalue weighted by atomic mass is 16.5. The maximum Gasteiger partial charge on any atom is 0.342 e. The van der Waals surface area contributed by atoms with Crippen LogP contribution in [0.5, 0.6) is 5.75 Å². The fourth-order valence-corrected chi connectivity index (χ4v) is 2.61. The summed E-state index contributed by atoms with van der Waals surface area (Å²) >= 11 is 0. The number of methoxy groups -OCH3 is 1. The molecule has 0 aliphatic rings. The van der Waals surface area contributed by atoms with E-state index >= 15 is 0 Å². The molecule has 5 nitrogen and oxygen atoms in total. The van der Waals surface area contributed by atoms with Gasteiger partial charge in [0.2, 0.25) is 0 Å². The molecule has 2 aromatic carbocycles. The number of esters is 1. The number of hydrogen-bond donors (Lipinski definition) is 1. The number of carbonyl (C=O) groups is 2. The zero-order valence-electron chi connectivity index (χ0n) is 15.5. The van der Waals surface area contributed by atoms with E-state index in [0.717, 1.165) is 18.4 Å². The maximum atomic E-state index is 12.2. The lowest BCUT2D eigenvalue weighted by Crippen LogP contribution is -2.36. The van der Waals surface area contributed by atoms with Gasteiger partial charge in [-0.1, -0.05) is 42.0 Å². The van der Waals surface area contributed by atoms with Crippen LogP contribution in [0.2, 0.25) is 0 Å². The molecule has 5 heteroatoms. The zero-order valence-corrected chi connectivity index (χ0v) is 15.5. The third kappa shape index (κ3) is 5.92. The Morgan fingerprint density at radius 2 is 1.85 bits per heavy atom. The van der Waals surface area contributed by atoms with Gasteiger partial charge in [-0.05, 0) is 44.4 Å². The van der Waals surface area contributed by atoms with Gasteiger partial charge in [-0.25, -0.2) is 4.79 Å². The largest absolute Gasteiger partial charge is 0.496 e. The second kappa shape index (κ2) is 9.61. The van der Waals surface area contributed by atoms with E-state index < -0.39 is 5.97 Å². The molecule has 26 heavy (non-hydrogen) atoms. The van der Waals surface area contributed by atoms with Gasteiger partial charge in [0.15, 0.2) is 6.61 Å². The number of rotatable bonds is 8. The van der Waals surface area contributed by atoms with Gasteiger partial charge in [0.25, 0.3) is 5.91 Å². The second-order valence-electron chi connectivity index (χ2n) is 6.27. The van der Waals surface area contributed by atoms with E-state index in [0.29, 0.717) is 11.3 Å². The standard InChI is InChI=1S/C21H25NO4/c1-15-9-12-19(25-3)18(13-15)21(24)26-14-20(23)22-16(2)10-11-17-7-5-4-6-8-17/h4-9,12-13,16H,10-11,14H2,1-3H3,(H,22,23)/t16-/m1/s1. The fourth-order valence-electron chi connectivity index (χ4n) is 2.61. The molecule has 1 N–H and O–H groups in total. The molecule has 1 amide bonds. The Kier molecular flexibility index (Phi) is 7.21. The topological polar surface area (TPSA) is 64.6 Å². The number of ether oxygens (including phenoxy) is 2. The van der Waals surface area contributed by atoms with Crippen LogP contribution in [0.1, 0.15) is 34.8 Å². The van der Waals surface area contributed by atoms with Crippen molar-refractivity contribution < 1.29 is 19.1 Å². The molecule has 0 unspecified atom stereocenters. The number of benzene rings is 2. The molecular weight excluding hydrogens is 330 g/mol. The van der Waals surface area contributed by atoms with Crippen LogP contribution >= 0.6 is 0 Å². The highest BCUT2D eigenvalue weighted by molar-refractivity contribution is 5.94. The van der Waals surface area contributed by atoms with Gasteiger partial charge in [0.1, 0.15) is 11.3 Å². The van der Waals surface area contributed by atoms with Crippen LogP contribution in [-0.2, 0) is 16.0 Å². The first-order valence-electron chi connectivity index (χ1n) is 8.64. The molecule has 0 spiro atoms. The molecule has 0 heterocycles. The van der Waals surface area contributed by atoms with E-state index in [1.165, 1.54) is 12.7 Å². The van der Waals surface area contributed by atoms with Gasteiger partial charge < -0.3 is 14.8 Å². The summed E-state index contributed by atoms with van der Waals surface area (Å²) < 4.78 is 10.3. The monoisotopic (exact) mass is 355 g/mol. The van der Waals surface area contributed by atoms with Crippen molar-refractivity contribution in [2.45, 2.75) is 32.7 Å². The van der Waals surface area contributed by atoms with Crippen LogP contribution in [0.4, 0.5) is 0 Å². The van der Waals surface area contributed by atoms with Gasteiger partial charge in [-0.2, -0.15) is 0 Å². The molecule has 0 aliphatic carbocycles.